The van der Waals surface area contributed by atoms with Gasteiger partial charge in [0.1, 0.15) is 5.82 Å². The molecular formula is C11H12BrFO4S. The molecule has 7 heteroatoms. The molecular weight excluding hydrogens is 327 g/mol. The number of carboxylic acids is 1. The first-order valence-corrected chi connectivity index (χ1v) is 7.69. The first kappa shape index (κ1) is 15.1. The largest absolute Gasteiger partial charge is 0.481 e. The van der Waals surface area contributed by atoms with E-state index in [-0.39, 0.29) is 5.75 Å². The molecule has 1 aromatic carbocycles. The minimum absolute atomic E-state index is 0.291. The monoisotopic (exact) mass is 338 g/mol. The maximum Gasteiger partial charge on any atom is 0.307 e. The Hall–Kier alpha value is -0.950. The number of halogens is 2. The lowest BCUT2D eigenvalue weighted by atomic mass is 10.2. The van der Waals surface area contributed by atoms with E-state index in [0.717, 1.165) is 6.07 Å². The van der Waals surface area contributed by atoms with Gasteiger partial charge in [0.25, 0.3) is 0 Å². The van der Waals surface area contributed by atoms with Crippen LogP contribution in [-0.2, 0) is 20.4 Å². The van der Waals surface area contributed by atoms with Gasteiger partial charge in [0.15, 0.2) is 9.84 Å². The summed E-state index contributed by atoms with van der Waals surface area (Å²) in [6, 6.07) is 3.83. The van der Waals surface area contributed by atoms with Gasteiger partial charge in [0, 0.05) is 4.47 Å². The van der Waals surface area contributed by atoms with Gasteiger partial charge < -0.3 is 5.11 Å². The van der Waals surface area contributed by atoms with E-state index < -0.39 is 33.3 Å². The van der Waals surface area contributed by atoms with Crippen LogP contribution in [0.4, 0.5) is 4.39 Å². The smallest absolute Gasteiger partial charge is 0.307 e. The van der Waals surface area contributed by atoms with Gasteiger partial charge in [-0.05, 0) is 23.8 Å². The molecule has 0 bridgehead atoms. The van der Waals surface area contributed by atoms with Crippen LogP contribution in [0.2, 0.25) is 0 Å². The van der Waals surface area contributed by atoms with Crippen LogP contribution >= 0.6 is 15.9 Å². The molecule has 0 aliphatic carbocycles. The van der Waals surface area contributed by atoms with Crippen molar-refractivity contribution in [1.82, 2.24) is 0 Å². The summed E-state index contributed by atoms with van der Waals surface area (Å²) in [7, 11) is -3.58. The Balaban J connectivity index is 2.85. The highest BCUT2D eigenvalue weighted by Gasteiger charge is 2.21. The second-order valence-corrected chi connectivity index (χ2v) is 7.10. The minimum atomic E-state index is -3.58. The molecule has 0 aromatic heterocycles. The van der Waals surface area contributed by atoms with Crippen LogP contribution in [0, 0.1) is 11.7 Å². The van der Waals surface area contributed by atoms with E-state index in [1.54, 1.807) is 0 Å². The molecule has 1 atom stereocenters. The van der Waals surface area contributed by atoms with Crippen LogP contribution < -0.4 is 0 Å². The predicted molar refractivity (Wildman–Crippen MR) is 68.4 cm³/mol. The Bertz CT molecular complexity index is 536. The molecule has 0 radical (unpaired) electrons. The van der Waals surface area contributed by atoms with Crippen LogP contribution in [0.15, 0.2) is 22.7 Å². The standard InChI is InChI=1S/C11H12BrFO4S/c1-7(11(14)15)5-18(16,17)6-8-2-9(12)4-10(13)3-8/h2-4,7H,5-6H2,1H3,(H,14,15). The fraction of sp³-hybridized carbons (Fsp3) is 0.364. The van der Waals surface area contributed by atoms with Crippen LogP contribution in [-0.4, -0.2) is 25.2 Å². The molecule has 0 fully saturated rings. The predicted octanol–water partition coefficient (Wildman–Crippen LogP) is 2.22. The van der Waals surface area contributed by atoms with Crippen molar-refractivity contribution in [2.75, 3.05) is 5.75 Å². The first-order chi connectivity index (χ1) is 8.19. The van der Waals surface area contributed by atoms with E-state index in [0.29, 0.717) is 10.0 Å². The third-order valence-electron chi connectivity index (χ3n) is 2.23. The van der Waals surface area contributed by atoms with Gasteiger partial charge in [0.2, 0.25) is 0 Å². The summed E-state index contributed by atoms with van der Waals surface area (Å²) in [5.74, 6) is -3.52. The molecule has 1 unspecified atom stereocenters. The van der Waals surface area contributed by atoms with Gasteiger partial charge in [0.05, 0.1) is 17.4 Å². The Morgan fingerprint density at radius 3 is 2.56 bits per heavy atom. The number of hydrogen-bond donors (Lipinski definition) is 1. The van der Waals surface area contributed by atoms with Crippen molar-refractivity contribution in [3.63, 3.8) is 0 Å². The number of aliphatic carboxylic acids is 1. The molecule has 0 saturated carbocycles. The zero-order valence-corrected chi connectivity index (χ0v) is 12.0. The van der Waals surface area contributed by atoms with Gasteiger partial charge in [-0.3, -0.25) is 4.79 Å². The number of carbonyl (C=O) groups is 1. The highest BCUT2D eigenvalue weighted by atomic mass is 79.9. The van der Waals surface area contributed by atoms with Crippen molar-refractivity contribution in [3.8, 4) is 0 Å². The summed E-state index contributed by atoms with van der Waals surface area (Å²) in [5, 5.41) is 8.67. The molecule has 0 aliphatic rings. The summed E-state index contributed by atoms with van der Waals surface area (Å²) < 4.78 is 37.0. The number of hydrogen-bond acceptors (Lipinski definition) is 3. The van der Waals surface area contributed by atoms with E-state index in [9.17, 15) is 17.6 Å². The third kappa shape index (κ3) is 4.73. The van der Waals surface area contributed by atoms with Gasteiger partial charge in [-0.1, -0.05) is 22.9 Å². The van der Waals surface area contributed by atoms with Crippen LogP contribution in [0.25, 0.3) is 0 Å². The second-order valence-electron chi connectivity index (χ2n) is 4.07. The molecule has 0 aliphatic heterocycles. The van der Waals surface area contributed by atoms with Crippen molar-refractivity contribution in [3.05, 3.63) is 34.1 Å². The first-order valence-electron chi connectivity index (χ1n) is 5.08. The van der Waals surface area contributed by atoms with E-state index in [1.807, 2.05) is 0 Å². The molecule has 100 valence electrons. The van der Waals surface area contributed by atoms with Gasteiger partial charge >= 0.3 is 5.97 Å². The lowest BCUT2D eigenvalue weighted by Gasteiger charge is -2.08. The summed E-state index contributed by atoms with van der Waals surface area (Å²) in [4.78, 5) is 10.6. The van der Waals surface area contributed by atoms with Crippen LogP contribution in [0.1, 0.15) is 12.5 Å². The summed E-state index contributed by atoms with van der Waals surface area (Å²) in [5.41, 5.74) is 0.291. The van der Waals surface area contributed by atoms with Gasteiger partial charge in [-0.15, -0.1) is 0 Å². The summed E-state index contributed by atoms with van der Waals surface area (Å²) in [6.45, 7) is 1.32. The Labute approximate surface area is 113 Å². The van der Waals surface area contributed by atoms with Crippen molar-refractivity contribution in [1.29, 1.82) is 0 Å². The molecule has 4 nitrogen and oxygen atoms in total. The minimum Gasteiger partial charge on any atom is -0.481 e. The average molecular weight is 339 g/mol. The number of carboxylic acid groups (broad SMARTS) is 1. The quantitative estimate of drug-likeness (QED) is 0.893. The SMILES string of the molecule is CC(CS(=O)(=O)Cc1cc(F)cc(Br)c1)C(=O)O. The number of rotatable bonds is 5. The van der Waals surface area contributed by atoms with Crippen molar-refractivity contribution >= 4 is 31.7 Å². The van der Waals surface area contributed by atoms with Gasteiger partial charge in [-0.25, -0.2) is 12.8 Å². The zero-order chi connectivity index (χ0) is 13.9. The highest BCUT2D eigenvalue weighted by molar-refractivity contribution is 9.10. The maximum atomic E-state index is 13.1. The molecule has 0 spiro atoms. The van der Waals surface area contributed by atoms with E-state index in [1.165, 1.54) is 19.1 Å². The molecule has 0 saturated heterocycles. The molecule has 1 aromatic rings. The molecule has 1 N–H and O–H groups in total. The Morgan fingerprint density at radius 2 is 2.06 bits per heavy atom. The van der Waals surface area contributed by atoms with Crippen molar-refractivity contribution < 1.29 is 22.7 Å². The van der Waals surface area contributed by atoms with Crippen LogP contribution in [0.3, 0.4) is 0 Å². The van der Waals surface area contributed by atoms with E-state index >= 15 is 0 Å². The lowest BCUT2D eigenvalue weighted by Crippen LogP contribution is -2.22. The number of sulfone groups is 1. The third-order valence-corrected chi connectivity index (χ3v) is 4.47. The molecule has 0 amide bonds. The molecule has 1 rings (SSSR count). The fourth-order valence-corrected chi connectivity index (χ4v) is 3.67. The topological polar surface area (TPSA) is 71.4 Å². The molecule has 0 heterocycles. The van der Waals surface area contributed by atoms with E-state index in [4.69, 9.17) is 5.11 Å². The summed E-state index contributed by atoms with van der Waals surface area (Å²) >= 11 is 3.07. The number of benzene rings is 1. The zero-order valence-electron chi connectivity index (χ0n) is 9.56. The van der Waals surface area contributed by atoms with E-state index in [2.05, 4.69) is 15.9 Å². The normalized spacial score (nSPS) is 13.3. The second kappa shape index (κ2) is 5.79. The maximum absolute atomic E-state index is 13.1. The lowest BCUT2D eigenvalue weighted by molar-refractivity contribution is -0.140. The Morgan fingerprint density at radius 1 is 1.44 bits per heavy atom. The summed E-state index contributed by atoms with van der Waals surface area (Å²) in [6.07, 6.45) is 0. The van der Waals surface area contributed by atoms with Crippen molar-refractivity contribution in [2.24, 2.45) is 5.92 Å². The van der Waals surface area contributed by atoms with Gasteiger partial charge in [-0.2, -0.15) is 0 Å². The fourth-order valence-electron chi connectivity index (χ4n) is 1.46. The Kier molecular flexibility index (Phi) is 4.86. The average Bonchev–Trinajstić information content (AvgIpc) is 2.13. The molecule has 18 heavy (non-hydrogen) atoms. The van der Waals surface area contributed by atoms with Crippen molar-refractivity contribution in [2.45, 2.75) is 12.7 Å². The van der Waals surface area contributed by atoms with Crippen LogP contribution in [0.5, 0.6) is 0 Å². The highest BCUT2D eigenvalue weighted by Crippen LogP contribution is 2.18.